The topological polar surface area (TPSA) is 150 Å². The SMILES string of the molecule is CSCCC(N)C(=O)N1C[C@@H](CCB(O)O)C[C@](N)(C(=O)O)C1.Cl.Cl. The second-order valence-electron chi connectivity index (χ2n) is 6.20. The standard InChI is InChI=1S/C13H26BN3O5S.2ClH/c1-23-5-3-10(15)11(18)17-7-9(2-4-14(21)22)6-13(16,8-17)12(19)20;;/h9-10,21-22H,2-8,15-16H2,1H3,(H,19,20);2*1H/t9-,10?,13+;;/m0../s1. The molecule has 0 aromatic heterocycles. The third-order valence-corrected chi connectivity index (χ3v) is 4.77. The van der Waals surface area contributed by atoms with Gasteiger partial charge in [0.25, 0.3) is 0 Å². The predicted molar refractivity (Wildman–Crippen MR) is 104 cm³/mol. The Morgan fingerprint density at radius 1 is 1.40 bits per heavy atom. The number of carbonyl (C=O) groups excluding carboxylic acids is 1. The fourth-order valence-electron chi connectivity index (χ4n) is 2.86. The van der Waals surface area contributed by atoms with Crippen molar-refractivity contribution in [2.75, 3.05) is 25.1 Å². The van der Waals surface area contributed by atoms with Crippen LogP contribution in [0.25, 0.3) is 0 Å². The largest absolute Gasteiger partial charge is 0.480 e. The zero-order chi connectivity index (χ0) is 17.6. The highest BCUT2D eigenvalue weighted by atomic mass is 35.5. The number of nitrogens with two attached hydrogens (primary N) is 2. The van der Waals surface area contributed by atoms with Crippen LogP contribution in [0.2, 0.25) is 6.32 Å². The number of carboxylic acid groups (broad SMARTS) is 1. The molecule has 0 bridgehead atoms. The molecule has 1 amide bonds. The van der Waals surface area contributed by atoms with Gasteiger partial charge in [0, 0.05) is 13.1 Å². The lowest BCUT2D eigenvalue weighted by Gasteiger charge is -2.42. The quantitative estimate of drug-likeness (QED) is 0.327. The fraction of sp³-hybridized carbons (Fsp3) is 0.846. The van der Waals surface area contributed by atoms with E-state index in [0.29, 0.717) is 19.4 Å². The minimum absolute atomic E-state index is 0. The summed E-state index contributed by atoms with van der Waals surface area (Å²) in [7, 11) is -1.46. The Kier molecular flexibility index (Phi) is 13.2. The number of carboxylic acids is 1. The number of carbonyl (C=O) groups is 2. The molecule has 7 N–H and O–H groups in total. The molecule has 0 aromatic carbocycles. The van der Waals surface area contributed by atoms with Gasteiger partial charge in [-0.3, -0.25) is 9.59 Å². The average Bonchev–Trinajstić information content (AvgIpc) is 2.49. The van der Waals surface area contributed by atoms with E-state index in [1.165, 1.54) is 4.90 Å². The third-order valence-electron chi connectivity index (χ3n) is 4.13. The number of likely N-dealkylation sites (tertiary alicyclic amines) is 1. The lowest BCUT2D eigenvalue weighted by Crippen LogP contribution is -2.64. The van der Waals surface area contributed by atoms with Gasteiger partial charge in [0.15, 0.2) is 0 Å². The van der Waals surface area contributed by atoms with E-state index in [1.54, 1.807) is 11.8 Å². The highest BCUT2D eigenvalue weighted by Crippen LogP contribution is 2.28. The van der Waals surface area contributed by atoms with Crippen molar-refractivity contribution in [1.29, 1.82) is 0 Å². The molecular weight excluding hydrogens is 392 g/mol. The summed E-state index contributed by atoms with van der Waals surface area (Å²) in [6.45, 7) is 0.261. The number of rotatable bonds is 8. The number of amides is 1. The van der Waals surface area contributed by atoms with Crippen molar-refractivity contribution in [1.82, 2.24) is 4.90 Å². The van der Waals surface area contributed by atoms with Gasteiger partial charge < -0.3 is 31.5 Å². The number of aliphatic carboxylic acids is 1. The first-order valence-electron chi connectivity index (χ1n) is 7.61. The first-order valence-corrected chi connectivity index (χ1v) is 9.00. The van der Waals surface area contributed by atoms with Crippen molar-refractivity contribution in [3.8, 4) is 0 Å². The maximum absolute atomic E-state index is 12.4. The maximum Gasteiger partial charge on any atom is 0.451 e. The smallest absolute Gasteiger partial charge is 0.451 e. The summed E-state index contributed by atoms with van der Waals surface area (Å²) in [4.78, 5) is 25.3. The molecule has 148 valence electrons. The van der Waals surface area contributed by atoms with Crippen LogP contribution in [0.15, 0.2) is 0 Å². The van der Waals surface area contributed by atoms with Crippen LogP contribution in [0.1, 0.15) is 19.3 Å². The van der Waals surface area contributed by atoms with Crippen LogP contribution in [0.4, 0.5) is 0 Å². The second-order valence-corrected chi connectivity index (χ2v) is 7.18. The summed E-state index contributed by atoms with van der Waals surface area (Å²) in [5.41, 5.74) is 10.3. The van der Waals surface area contributed by atoms with E-state index in [4.69, 9.17) is 21.5 Å². The van der Waals surface area contributed by atoms with Gasteiger partial charge in [-0.05, 0) is 37.1 Å². The molecule has 1 unspecified atom stereocenters. The summed E-state index contributed by atoms with van der Waals surface area (Å²) in [5.74, 6) is -0.928. The molecule has 1 fully saturated rings. The van der Waals surface area contributed by atoms with Crippen molar-refractivity contribution >= 4 is 55.6 Å². The number of halogens is 2. The number of piperidine rings is 1. The number of hydrogen-bond acceptors (Lipinski definition) is 7. The predicted octanol–water partition coefficient (Wildman–Crippen LogP) is -0.596. The molecule has 12 heteroatoms. The van der Waals surface area contributed by atoms with Crippen LogP contribution in [0.3, 0.4) is 0 Å². The van der Waals surface area contributed by atoms with Gasteiger partial charge >= 0.3 is 13.1 Å². The maximum atomic E-state index is 12.4. The molecule has 0 aliphatic carbocycles. The van der Waals surface area contributed by atoms with E-state index < -0.39 is 24.7 Å². The van der Waals surface area contributed by atoms with Crippen LogP contribution in [-0.2, 0) is 9.59 Å². The van der Waals surface area contributed by atoms with Crippen molar-refractivity contribution in [3.63, 3.8) is 0 Å². The van der Waals surface area contributed by atoms with Crippen LogP contribution >= 0.6 is 36.6 Å². The number of nitrogens with zero attached hydrogens (tertiary/aromatic N) is 1. The zero-order valence-corrected chi connectivity index (χ0v) is 16.6. The van der Waals surface area contributed by atoms with Gasteiger partial charge in [-0.25, -0.2) is 0 Å². The van der Waals surface area contributed by atoms with Gasteiger partial charge in [-0.1, -0.05) is 6.42 Å². The molecule has 1 aliphatic rings. The summed E-state index contributed by atoms with van der Waals surface area (Å²) >= 11 is 1.59. The fourth-order valence-corrected chi connectivity index (χ4v) is 3.35. The number of hydrogen-bond donors (Lipinski definition) is 5. The summed E-state index contributed by atoms with van der Waals surface area (Å²) in [6.07, 6.45) is 3.12. The molecular formula is C13H28BCl2N3O5S. The van der Waals surface area contributed by atoms with Gasteiger partial charge in [0.1, 0.15) is 5.54 Å². The van der Waals surface area contributed by atoms with E-state index in [9.17, 15) is 14.7 Å². The molecule has 1 saturated heterocycles. The van der Waals surface area contributed by atoms with E-state index in [-0.39, 0.29) is 55.9 Å². The van der Waals surface area contributed by atoms with Crippen LogP contribution in [-0.4, -0.2) is 75.7 Å². The van der Waals surface area contributed by atoms with E-state index in [2.05, 4.69) is 0 Å². The molecule has 1 rings (SSSR count). The van der Waals surface area contributed by atoms with E-state index in [1.807, 2.05) is 6.26 Å². The molecule has 25 heavy (non-hydrogen) atoms. The van der Waals surface area contributed by atoms with Gasteiger partial charge in [-0.2, -0.15) is 11.8 Å². The molecule has 8 nitrogen and oxygen atoms in total. The average molecular weight is 420 g/mol. The first kappa shape index (κ1) is 27.0. The summed E-state index contributed by atoms with van der Waals surface area (Å²) in [6, 6.07) is -0.678. The first-order chi connectivity index (χ1) is 10.7. The monoisotopic (exact) mass is 419 g/mol. The molecule has 0 radical (unpaired) electrons. The molecule has 1 aliphatic heterocycles. The van der Waals surface area contributed by atoms with Crippen molar-refractivity contribution in [2.45, 2.75) is 37.2 Å². The Morgan fingerprint density at radius 3 is 2.48 bits per heavy atom. The van der Waals surface area contributed by atoms with E-state index in [0.717, 1.165) is 5.75 Å². The van der Waals surface area contributed by atoms with Gasteiger partial charge in [-0.15, -0.1) is 24.8 Å². The summed E-state index contributed by atoms with van der Waals surface area (Å²) < 4.78 is 0. The Labute approximate surface area is 165 Å². The number of thioether (sulfide) groups is 1. The molecule has 0 saturated carbocycles. The van der Waals surface area contributed by atoms with Crippen molar-refractivity contribution < 1.29 is 24.7 Å². The summed E-state index contributed by atoms with van der Waals surface area (Å²) in [5, 5.41) is 27.4. The Balaban J connectivity index is 0. The molecule has 3 atom stereocenters. The van der Waals surface area contributed by atoms with Crippen molar-refractivity contribution in [3.05, 3.63) is 0 Å². The third kappa shape index (κ3) is 8.34. The minimum Gasteiger partial charge on any atom is -0.480 e. The van der Waals surface area contributed by atoms with Crippen LogP contribution in [0.5, 0.6) is 0 Å². The highest BCUT2D eigenvalue weighted by molar-refractivity contribution is 7.98. The van der Waals surface area contributed by atoms with Crippen molar-refractivity contribution in [2.24, 2.45) is 17.4 Å². The Bertz CT molecular complexity index is 438. The van der Waals surface area contributed by atoms with E-state index >= 15 is 0 Å². The second kappa shape index (κ2) is 12.2. The Morgan fingerprint density at radius 2 is 2.00 bits per heavy atom. The lowest BCUT2D eigenvalue weighted by molar-refractivity contribution is -0.149. The lowest BCUT2D eigenvalue weighted by atomic mass is 9.75. The highest BCUT2D eigenvalue weighted by Gasteiger charge is 2.44. The van der Waals surface area contributed by atoms with Crippen LogP contribution in [0, 0.1) is 5.92 Å². The molecule has 0 aromatic rings. The molecule has 0 spiro atoms. The van der Waals surface area contributed by atoms with Gasteiger partial charge in [0.2, 0.25) is 5.91 Å². The minimum atomic E-state index is -1.53. The molecule has 1 heterocycles. The zero-order valence-electron chi connectivity index (χ0n) is 14.2. The van der Waals surface area contributed by atoms with Gasteiger partial charge in [0.05, 0.1) is 6.04 Å². The van der Waals surface area contributed by atoms with Crippen LogP contribution < -0.4 is 11.5 Å². The normalized spacial score (nSPS) is 23.9. The Hall–Kier alpha value is -0.225.